The van der Waals surface area contributed by atoms with Crippen LogP contribution < -0.4 is 4.72 Å². The highest BCUT2D eigenvalue weighted by Crippen LogP contribution is 2.18. The molecule has 0 bridgehead atoms. The molecule has 1 aliphatic carbocycles. The van der Waals surface area contributed by atoms with Crippen molar-refractivity contribution in [2.75, 3.05) is 5.75 Å². The average molecular weight is 308 g/mol. The minimum Gasteiger partial charge on any atom is -0.244 e. The minimum absolute atomic E-state index is 0.0385. The van der Waals surface area contributed by atoms with Crippen molar-refractivity contribution in [3.63, 3.8) is 0 Å². The predicted octanol–water partition coefficient (Wildman–Crippen LogP) is 1.68. The van der Waals surface area contributed by atoms with Gasteiger partial charge < -0.3 is 0 Å². The van der Waals surface area contributed by atoms with Crippen LogP contribution in [0.5, 0.6) is 0 Å². The summed E-state index contributed by atoms with van der Waals surface area (Å²) in [6.45, 7) is 0.322. The van der Waals surface area contributed by atoms with Crippen molar-refractivity contribution in [1.29, 1.82) is 0 Å². The monoisotopic (exact) mass is 308 g/mol. The molecule has 1 aromatic carbocycles. The lowest BCUT2D eigenvalue weighted by molar-refractivity contribution is 0.411. The fraction of sp³-hybridized carbons (Fsp3) is 0.571. The van der Waals surface area contributed by atoms with E-state index in [2.05, 4.69) is 15.0 Å². The molecule has 1 N–H and O–H groups in total. The van der Waals surface area contributed by atoms with Gasteiger partial charge in [0, 0.05) is 6.04 Å². The van der Waals surface area contributed by atoms with Gasteiger partial charge >= 0.3 is 0 Å². The second kappa shape index (κ2) is 6.11. The quantitative estimate of drug-likeness (QED) is 0.912. The smallest absolute Gasteiger partial charge is 0.213 e. The van der Waals surface area contributed by atoms with Gasteiger partial charge in [-0.15, -0.1) is 5.10 Å². The highest BCUT2D eigenvalue weighted by molar-refractivity contribution is 7.89. The number of fused-ring (bicyclic) bond motifs is 1. The number of sulfonamides is 1. The van der Waals surface area contributed by atoms with Crippen LogP contribution in [0.3, 0.4) is 0 Å². The summed E-state index contributed by atoms with van der Waals surface area (Å²) in [7, 11) is -3.26. The van der Waals surface area contributed by atoms with Crippen LogP contribution in [0.15, 0.2) is 24.3 Å². The van der Waals surface area contributed by atoms with Gasteiger partial charge in [-0.25, -0.2) is 17.8 Å². The van der Waals surface area contributed by atoms with Crippen LogP contribution in [0, 0.1) is 0 Å². The average Bonchev–Trinajstić information content (AvgIpc) is 2.89. The van der Waals surface area contributed by atoms with Crippen molar-refractivity contribution in [2.45, 2.75) is 44.7 Å². The molecular weight excluding hydrogens is 288 g/mol. The Morgan fingerprint density at radius 2 is 1.95 bits per heavy atom. The van der Waals surface area contributed by atoms with Gasteiger partial charge in [0.05, 0.1) is 17.8 Å². The fourth-order valence-electron chi connectivity index (χ4n) is 2.82. The summed E-state index contributed by atoms with van der Waals surface area (Å²) in [5.74, 6) is 0.0385. The Labute approximate surface area is 124 Å². The minimum atomic E-state index is -3.26. The molecule has 6 nitrogen and oxygen atoms in total. The van der Waals surface area contributed by atoms with E-state index in [1.807, 2.05) is 24.3 Å². The lowest BCUT2D eigenvalue weighted by Crippen LogP contribution is -2.38. The van der Waals surface area contributed by atoms with Crippen molar-refractivity contribution in [1.82, 2.24) is 19.7 Å². The third-order valence-electron chi connectivity index (χ3n) is 3.94. The summed E-state index contributed by atoms with van der Waals surface area (Å²) in [6.07, 6.45) is 5.34. The Kier molecular flexibility index (Phi) is 4.21. The molecule has 0 aliphatic heterocycles. The number of nitrogens with zero attached hydrogens (tertiary/aromatic N) is 3. The maximum absolute atomic E-state index is 12.2. The normalized spacial score (nSPS) is 17.3. The molecule has 1 heterocycles. The summed E-state index contributed by atoms with van der Waals surface area (Å²) < 4.78 is 28.8. The molecule has 1 aromatic heterocycles. The van der Waals surface area contributed by atoms with E-state index in [1.54, 1.807) is 4.68 Å². The van der Waals surface area contributed by atoms with Crippen LogP contribution in [-0.2, 0) is 16.6 Å². The summed E-state index contributed by atoms with van der Waals surface area (Å²) in [5, 5.41) is 8.05. The molecule has 0 atom stereocenters. The number of para-hydroxylation sites is 1. The first-order valence-electron chi connectivity index (χ1n) is 7.42. The van der Waals surface area contributed by atoms with Crippen molar-refractivity contribution in [3.8, 4) is 0 Å². The van der Waals surface area contributed by atoms with Gasteiger partial charge in [0.25, 0.3) is 0 Å². The maximum Gasteiger partial charge on any atom is 0.213 e. The van der Waals surface area contributed by atoms with Crippen molar-refractivity contribution in [2.24, 2.45) is 0 Å². The Morgan fingerprint density at radius 1 is 1.19 bits per heavy atom. The molecule has 1 saturated carbocycles. The van der Waals surface area contributed by atoms with Gasteiger partial charge in [-0.2, -0.15) is 0 Å². The van der Waals surface area contributed by atoms with E-state index in [-0.39, 0.29) is 11.8 Å². The van der Waals surface area contributed by atoms with Gasteiger partial charge in [0.15, 0.2) is 0 Å². The van der Waals surface area contributed by atoms with Gasteiger partial charge in [-0.3, -0.25) is 0 Å². The molecule has 0 saturated heterocycles. The number of aryl methyl sites for hydroxylation is 1. The lowest BCUT2D eigenvalue weighted by Gasteiger charge is -2.22. The van der Waals surface area contributed by atoms with Gasteiger partial charge in [-0.1, -0.05) is 36.6 Å². The Bertz CT molecular complexity index is 705. The van der Waals surface area contributed by atoms with E-state index in [9.17, 15) is 8.42 Å². The van der Waals surface area contributed by atoms with Crippen LogP contribution in [0.25, 0.3) is 11.0 Å². The number of aromatic nitrogens is 3. The van der Waals surface area contributed by atoms with Crippen LogP contribution in [0.1, 0.15) is 32.1 Å². The summed E-state index contributed by atoms with van der Waals surface area (Å²) in [4.78, 5) is 0. The van der Waals surface area contributed by atoms with Gasteiger partial charge in [0.1, 0.15) is 5.52 Å². The number of benzene rings is 1. The van der Waals surface area contributed by atoms with E-state index in [0.717, 1.165) is 36.7 Å². The molecule has 0 radical (unpaired) electrons. The molecule has 114 valence electrons. The number of rotatable bonds is 5. The summed E-state index contributed by atoms with van der Waals surface area (Å²) in [6, 6.07) is 7.67. The topological polar surface area (TPSA) is 76.9 Å². The zero-order valence-corrected chi connectivity index (χ0v) is 12.7. The second-order valence-electron chi connectivity index (χ2n) is 5.57. The third-order valence-corrected chi connectivity index (χ3v) is 5.36. The molecule has 0 amide bonds. The third kappa shape index (κ3) is 3.59. The lowest BCUT2D eigenvalue weighted by atomic mass is 9.96. The van der Waals surface area contributed by atoms with E-state index >= 15 is 0 Å². The highest BCUT2D eigenvalue weighted by atomic mass is 32.2. The zero-order chi connectivity index (χ0) is 14.7. The van der Waals surface area contributed by atoms with Gasteiger partial charge in [0.2, 0.25) is 10.0 Å². The molecular formula is C14H20N4O2S. The SMILES string of the molecule is O=S(=O)(CCn1nnc2ccccc21)NC1CCCCC1. The molecule has 3 rings (SSSR count). The highest BCUT2D eigenvalue weighted by Gasteiger charge is 2.20. The molecule has 1 fully saturated rings. The predicted molar refractivity (Wildman–Crippen MR) is 81.3 cm³/mol. The largest absolute Gasteiger partial charge is 0.244 e. The number of hydrogen-bond donors (Lipinski definition) is 1. The first-order valence-corrected chi connectivity index (χ1v) is 9.07. The Hall–Kier alpha value is -1.47. The summed E-state index contributed by atoms with van der Waals surface area (Å²) in [5.41, 5.74) is 1.65. The summed E-state index contributed by atoms with van der Waals surface area (Å²) >= 11 is 0. The van der Waals surface area contributed by atoms with Crippen LogP contribution in [0.2, 0.25) is 0 Å². The van der Waals surface area contributed by atoms with Crippen molar-refractivity contribution >= 4 is 21.1 Å². The van der Waals surface area contributed by atoms with Crippen molar-refractivity contribution in [3.05, 3.63) is 24.3 Å². The Balaban J connectivity index is 1.63. The second-order valence-corrected chi connectivity index (χ2v) is 7.45. The van der Waals surface area contributed by atoms with E-state index in [4.69, 9.17) is 0 Å². The van der Waals surface area contributed by atoms with Crippen molar-refractivity contribution < 1.29 is 8.42 Å². The van der Waals surface area contributed by atoms with Crippen LogP contribution >= 0.6 is 0 Å². The molecule has 1 aliphatic rings. The fourth-order valence-corrected chi connectivity index (χ4v) is 4.10. The first-order chi connectivity index (χ1) is 10.1. The molecule has 0 spiro atoms. The van der Waals surface area contributed by atoms with E-state index in [0.29, 0.717) is 6.54 Å². The number of nitrogens with one attached hydrogen (secondary N) is 1. The molecule has 21 heavy (non-hydrogen) atoms. The zero-order valence-electron chi connectivity index (χ0n) is 11.9. The maximum atomic E-state index is 12.2. The van der Waals surface area contributed by atoms with E-state index < -0.39 is 10.0 Å². The molecule has 2 aromatic rings. The standard InChI is InChI=1S/C14H20N4O2S/c19-21(20,16-12-6-2-1-3-7-12)11-10-18-14-9-5-4-8-13(14)15-17-18/h4-5,8-9,12,16H,1-3,6-7,10-11H2. The molecule has 0 unspecified atom stereocenters. The molecule has 7 heteroatoms. The number of hydrogen-bond acceptors (Lipinski definition) is 4. The van der Waals surface area contributed by atoms with Crippen LogP contribution in [-0.4, -0.2) is 35.2 Å². The van der Waals surface area contributed by atoms with E-state index in [1.165, 1.54) is 6.42 Å². The Morgan fingerprint density at radius 3 is 2.76 bits per heavy atom. The van der Waals surface area contributed by atoms with Crippen LogP contribution in [0.4, 0.5) is 0 Å². The first kappa shape index (κ1) is 14.5. The van der Waals surface area contributed by atoms with Gasteiger partial charge in [-0.05, 0) is 25.0 Å².